The normalized spacial score (nSPS) is 11.6. The van der Waals surface area contributed by atoms with Gasteiger partial charge in [-0.15, -0.1) is 0 Å². The molecule has 1 aromatic rings. The van der Waals surface area contributed by atoms with Crippen LogP contribution < -0.4 is 5.32 Å². The van der Waals surface area contributed by atoms with Crippen molar-refractivity contribution < 1.29 is 18.0 Å². The van der Waals surface area contributed by atoms with E-state index in [2.05, 4.69) is 10.3 Å². The van der Waals surface area contributed by atoms with Gasteiger partial charge in [-0.05, 0) is 32.9 Å². The molecule has 0 fully saturated rings. The zero-order valence-corrected chi connectivity index (χ0v) is 11.7. The van der Waals surface area contributed by atoms with Gasteiger partial charge in [-0.1, -0.05) is 0 Å². The molecular weight excluding hydrogens is 271 g/mol. The third kappa shape index (κ3) is 4.71. The fourth-order valence-electron chi connectivity index (χ4n) is 1.66. The Kier molecular flexibility index (Phi) is 5.35. The van der Waals surface area contributed by atoms with Crippen LogP contribution >= 0.6 is 0 Å². The van der Waals surface area contributed by atoms with Crippen molar-refractivity contribution in [2.24, 2.45) is 0 Å². The van der Waals surface area contributed by atoms with Gasteiger partial charge in [0, 0.05) is 12.6 Å². The van der Waals surface area contributed by atoms with Crippen LogP contribution in [0, 0.1) is 0 Å². The number of anilines is 1. The second-order valence-corrected chi connectivity index (χ2v) is 4.60. The number of amides is 1. The topological polar surface area (TPSA) is 45.2 Å². The summed E-state index contributed by atoms with van der Waals surface area (Å²) in [6.45, 7) is 4.40. The summed E-state index contributed by atoms with van der Waals surface area (Å²) in [6, 6.07) is 2.49. The Morgan fingerprint density at radius 3 is 2.45 bits per heavy atom. The molecule has 1 amide bonds. The predicted molar refractivity (Wildman–Crippen MR) is 70.6 cm³/mol. The summed E-state index contributed by atoms with van der Waals surface area (Å²) >= 11 is 0. The summed E-state index contributed by atoms with van der Waals surface area (Å²) in [5, 5.41) is 3.00. The van der Waals surface area contributed by atoms with Crippen LogP contribution in [0.5, 0.6) is 0 Å². The first-order valence-corrected chi connectivity index (χ1v) is 6.32. The van der Waals surface area contributed by atoms with Gasteiger partial charge in [-0.3, -0.25) is 4.79 Å². The largest absolute Gasteiger partial charge is 0.406 e. The van der Waals surface area contributed by atoms with E-state index in [9.17, 15) is 18.0 Å². The number of hydrogen-bond donors (Lipinski definition) is 1. The van der Waals surface area contributed by atoms with E-state index >= 15 is 0 Å². The van der Waals surface area contributed by atoms with E-state index in [0.29, 0.717) is 6.54 Å². The van der Waals surface area contributed by atoms with E-state index in [1.807, 2.05) is 6.92 Å². The molecule has 0 saturated carbocycles. The van der Waals surface area contributed by atoms with Crippen LogP contribution in [0.2, 0.25) is 0 Å². The van der Waals surface area contributed by atoms with Crippen LogP contribution in [0.1, 0.15) is 31.3 Å². The second-order valence-electron chi connectivity index (χ2n) is 4.60. The number of halogens is 3. The molecule has 0 saturated heterocycles. The molecule has 0 aliphatic carbocycles. The molecule has 0 radical (unpaired) electrons. The van der Waals surface area contributed by atoms with E-state index in [4.69, 9.17) is 0 Å². The van der Waals surface area contributed by atoms with E-state index in [1.54, 1.807) is 6.07 Å². The molecule has 1 rings (SSSR count). The Morgan fingerprint density at radius 1 is 1.40 bits per heavy atom. The molecular formula is C13H18F3N3O. The molecule has 0 bridgehead atoms. The van der Waals surface area contributed by atoms with Gasteiger partial charge in [0.25, 0.3) is 5.91 Å². The number of nitrogens with one attached hydrogen (secondary N) is 1. The third-order valence-corrected chi connectivity index (χ3v) is 2.60. The first kappa shape index (κ1) is 16.3. The predicted octanol–water partition coefficient (Wildman–Crippen LogP) is 2.93. The minimum absolute atomic E-state index is 0.00426. The first-order chi connectivity index (χ1) is 9.24. The lowest BCUT2D eigenvalue weighted by atomic mass is 10.2. The minimum atomic E-state index is -4.43. The number of alkyl halides is 3. The molecule has 0 unspecified atom stereocenters. The van der Waals surface area contributed by atoms with Gasteiger partial charge >= 0.3 is 6.18 Å². The number of aromatic nitrogens is 1. The number of nitrogens with zero attached hydrogens (tertiary/aromatic N) is 2. The summed E-state index contributed by atoms with van der Waals surface area (Å²) in [5.74, 6) is -0.722. The highest BCUT2D eigenvalue weighted by atomic mass is 19.4. The highest BCUT2D eigenvalue weighted by Gasteiger charge is 2.34. The highest BCUT2D eigenvalue weighted by molar-refractivity contribution is 5.92. The molecule has 7 heteroatoms. The van der Waals surface area contributed by atoms with Crippen LogP contribution in [0.15, 0.2) is 18.3 Å². The average molecular weight is 289 g/mol. The zero-order valence-electron chi connectivity index (χ0n) is 11.7. The van der Waals surface area contributed by atoms with Gasteiger partial charge in [-0.25, -0.2) is 4.98 Å². The Morgan fingerprint density at radius 2 is 2.05 bits per heavy atom. The zero-order chi connectivity index (χ0) is 15.3. The number of hydrogen-bond acceptors (Lipinski definition) is 3. The fraction of sp³-hybridized carbons (Fsp3) is 0.538. The van der Waals surface area contributed by atoms with Gasteiger partial charge in [-0.2, -0.15) is 13.2 Å². The lowest BCUT2D eigenvalue weighted by molar-refractivity contribution is -0.143. The first-order valence-electron chi connectivity index (χ1n) is 6.32. The molecule has 0 spiro atoms. The summed E-state index contributed by atoms with van der Waals surface area (Å²) < 4.78 is 37.4. The van der Waals surface area contributed by atoms with Crippen molar-refractivity contribution in [1.29, 1.82) is 0 Å². The maximum atomic E-state index is 12.5. The van der Waals surface area contributed by atoms with E-state index < -0.39 is 24.7 Å². The van der Waals surface area contributed by atoms with Crippen molar-refractivity contribution in [2.45, 2.75) is 33.0 Å². The Bertz CT molecular complexity index is 443. The molecule has 0 aliphatic rings. The third-order valence-electron chi connectivity index (χ3n) is 2.60. The van der Waals surface area contributed by atoms with Crippen LogP contribution in [0.4, 0.5) is 18.9 Å². The molecule has 0 aromatic carbocycles. The smallest absolute Gasteiger partial charge is 0.384 e. The highest BCUT2D eigenvalue weighted by Crippen LogP contribution is 2.19. The summed E-state index contributed by atoms with van der Waals surface area (Å²) in [6.07, 6.45) is -2.99. The number of carbonyl (C=O) groups excluding carboxylic acids is 1. The fourth-order valence-corrected chi connectivity index (χ4v) is 1.66. The van der Waals surface area contributed by atoms with Crippen molar-refractivity contribution in [2.75, 3.05) is 18.4 Å². The quantitative estimate of drug-likeness (QED) is 0.906. The Hall–Kier alpha value is -1.79. The lowest BCUT2D eigenvalue weighted by Crippen LogP contribution is -2.43. The van der Waals surface area contributed by atoms with Gasteiger partial charge in [0.2, 0.25) is 0 Å². The van der Waals surface area contributed by atoms with Crippen molar-refractivity contribution in [3.8, 4) is 0 Å². The van der Waals surface area contributed by atoms with Crippen LogP contribution in [-0.4, -0.2) is 41.1 Å². The SMILES string of the molecule is CCNc1ccc(C(=O)N(CC(F)(F)F)C(C)C)nc1. The van der Waals surface area contributed by atoms with Crippen LogP contribution in [0.3, 0.4) is 0 Å². The molecule has 20 heavy (non-hydrogen) atoms. The number of rotatable bonds is 5. The summed E-state index contributed by atoms with van der Waals surface area (Å²) in [7, 11) is 0. The van der Waals surface area contributed by atoms with Gasteiger partial charge in [0.05, 0.1) is 11.9 Å². The van der Waals surface area contributed by atoms with E-state index in [1.165, 1.54) is 26.1 Å². The van der Waals surface area contributed by atoms with Crippen LogP contribution in [0.25, 0.3) is 0 Å². The maximum Gasteiger partial charge on any atom is 0.406 e. The average Bonchev–Trinajstić information content (AvgIpc) is 2.35. The molecule has 112 valence electrons. The van der Waals surface area contributed by atoms with Crippen molar-refractivity contribution in [3.05, 3.63) is 24.0 Å². The minimum Gasteiger partial charge on any atom is -0.384 e. The summed E-state index contributed by atoms with van der Waals surface area (Å²) in [4.78, 5) is 16.7. The molecule has 1 aromatic heterocycles. The van der Waals surface area contributed by atoms with Crippen molar-refractivity contribution >= 4 is 11.6 Å². The molecule has 4 nitrogen and oxygen atoms in total. The van der Waals surface area contributed by atoms with E-state index in [0.717, 1.165) is 10.6 Å². The van der Waals surface area contributed by atoms with E-state index in [-0.39, 0.29) is 5.69 Å². The molecule has 0 aliphatic heterocycles. The Balaban J connectivity index is 2.89. The van der Waals surface area contributed by atoms with Gasteiger partial charge < -0.3 is 10.2 Å². The standard InChI is InChI=1S/C13H18F3N3O/c1-4-17-10-5-6-11(18-7-10)12(20)19(9(2)3)8-13(14,15)16/h5-7,9,17H,4,8H2,1-3H3. The summed E-state index contributed by atoms with van der Waals surface area (Å²) in [5.41, 5.74) is 0.723. The maximum absolute atomic E-state index is 12.5. The van der Waals surface area contributed by atoms with Crippen molar-refractivity contribution in [3.63, 3.8) is 0 Å². The van der Waals surface area contributed by atoms with Gasteiger partial charge in [0.1, 0.15) is 12.2 Å². The molecule has 0 atom stereocenters. The number of carbonyl (C=O) groups is 1. The monoisotopic (exact) mass is 289 g/mol. The lowest BCUT2D eigenvalue weighted by Gasteiger charge is -2.27. The van der Waals surface area contributed by atoms with Crippen LogP contribution in [-0.2, 0) is 0 Å². The molecule has 1 heterocycles. The van der Waals surface area contributed by atoms with Crippen molar-refractivity contribution in [1.82, 2.24) is 9.88 Å². The number of pyridine rings is 1. The second kappa shape index (κ2) is 6.58. The Labute approximate surface area is 116 Å². The van der Waals surface area contributed by atoms with Gasteiger partial charge in [0.15, 0.2) is 0 Å². The molecule has 1 N–H and O–H groups in total.